The molecule has 0 radical (unpaired) electrons. The van der Waals surface area contributed by atoms with E-state index in [1.807, 2.05) is 23.6 Å². The SMILES string of the molecule is Cc1nc2cccnc2n1CC1CCCCS1(=O)=O. The van der Waals surface area contributed by atoms with Crippen LogP contribution in [0.15, 0.2) is 18.3 Å². The summed E-state index contributed by atoms with van der Waals surface area (Å²) in [5.41, 5.74) is 1.61. The molecule has 5 nitrogen and oxygen atoms in total. The van der Waals surface area contributed by atoms with Gasteiger partial charge in [0, 0.05) is 12.7 Å². The lowest BCUT2D eigenvalue weighted by atomic mass is 10.2. The van der Waals surface area contributed by atoms with Crippen molar-refractivity contribution in [3.8, 4) is 0 Å². The monoisotopic (exact) mass is 279 g/mol. The number of pyridine rings is 1. The van der Waals surface area contributed by atoms with E-state index in [0.717, 1.165) is 36.3 Å². The van der Waals surface area contributed by atoms with Crippen LogP contribution in [-0.4, -0.2) is 34.0 Å². The fraction of sp³-hybridized carbons (Fsp3) is 0.538. The van der Waals surface area contributed by atoms with Crippen molar-refractivity contribution < 1.29 is 8.42 Å². The van der Waals surface area contributed by atoms with Crippen LogP contribution >= 0.6 is 0 Å². The van der Waals surface area contributed by atoms with Gasteiger partial charge >= 0.3 is 0 Å². The highest BCUT2D eigenvalue weighted by Crippen LogP contribution is 2.23. The Bertz CT molecular complexity index is 706. The first kappa shape index (κ1) is 12.6. The van der Waals surface area contributed by atoms with E-state index < -0.39 is 9.84 Å². The lowest BCUT2D eigenvalue weighted by molar-refractivity contribution is 0.508. The second kappa shape index (κ2) is 4.59. The fourth-order valence-electron chi connectivity index (χ4n) is 2.72. The van der Waals surface area contributed by atoms with Crippen LogP contribution in [0.25, 0.3) is 11.2 Å². The van der Waals surface area contributed by atoms with Crippen molar-refractivity contribution in [1.82, 2.24) is 14.5 Å². The first-order chi connectivity index (χ1) is 9.08. The van der Waals surface area contributed by atoms with E-state index in [2.05, 4.69) is 9.97 Å². The van der Waals surface area contributed by atoms with Crippen molar-refractivity contribution in [2.75, 3.05) is 5.75 Å². The predicted octanol–water partition coefficient (Wildman–Crippen LogP) is 1.71. The van der Waals surface area contributed by atoms with Gasteiger partial charge in [0.25, 0.3) is 0 Å². The Hall–Kier alpha value is -1.43. The molecule has 102 valence electrons. The normalized spacial score (nSPS) is 22.7. The van der Waals surface area contributed by atoms with Gasteiger partial charge in [-0.3, -0.25) is 0 Å². The minimum Gasteiger partial charge on any atom is -0.312 e. The van der Waals surface area contributed by atoms with Gasteiger partial charge in [0.15, 0.2) is 15.5 Å². The number of rotatable bonds is 2. The van der Waals surface area contributed by atoms with Crippen LogP contribution in [0.4, 0.5) is 0 Å². The van der Waals surface area contributed by atoms with E-state index in [9.17, 15) is 8.42 Å². The lowest BCUT2D eigenvalue weighted by Gasteiger charge is -2.23. The van der Waals surface area contributed by atoms with Crippen LogP contribution in [-0.2, 0) is 16.4 Å². The molecule has 6 heteroatoms. The Morgan fingerprint density at radius 2 is 2.26 bits per heavy atom. The van der Waals surface area contributed by atoms with Crippen molar-refractivity contribution >= 4 is 21.0 Å². The third kappa shape index (κ3) is 2.25. The van der Waals surface area contributed by atoms with Crippen molar-refractivity contribution in [2.24, 2.45) is 0 Å². The molecule has 0 spiro atoms. The molecule has 1 aliphatic rings. The molecule has 1 unspecified atom stereocenters. The number of fused-ring (bicyclic) bond motifs is 1. The summed E-state index contributed by atoms with van der Waals surface area (Å²) in [7, 11) is -2.96. The summed E-state index contributed by atoms with van der Waals surface area (Å²) in [5.74, 6) is 1.14. The second-order valence-corrected chi connectivity index (χ2v) is 7.50. The van der Waals surface area contributed by atoms with Gasteiger partial charge in [-0.1, -0.05) is 6.42 Å². The Morgan fingerprint density at radius 1 is 1.42 bits per heavy atom. The van der Waals surface area contributed by atoms with Gasteiger partial charge in [-0.15, -0.1) is 0 Å². The number of imidazole rings is 1. The topological polar surface area (TPSA) is 64.8 Å². The molecule has 0 aromatic carbocycles. The van der Waals surface area contributed by atoms with Gasteiger partial charge in [0.05, 0.1) is 11.0 Å². The van der Waals surface area contributed by atoms with E-state index in [1.54, 1.807) is 6.20 Å². The molecule has 19 heavy (non-hydrogen) atoms. The number of hydrogen-bond donors (Lipinski definition) is 0. The maximum absolute atomic E-state index is 12.1. The molecule has 2 aromatic rings. The Morgan fingerprint density at radius 3 is 3.05 bits per heavy atom. The molecule has 3 rings (SSSR count). The molecular formula is C13H17N3O2S. The van der Waals surface area contributed by atoms with Crippen LogP contribution in [0.2, 0.25) is 0 Å². The van der Waals surface area contributed by atoms with Gasteiger partial charge in [-0.2, -0.15) is 0 Å². The molecule has 1 fully saturated rings. The number of hydrogen-bond acceptors (Lipinski definition) is 4. The largest absolute Gasteiger partial charge is 0.312 e. The summed E-state index contributed by atoms with van der Waals surface area (Å²) in [6.45, 7) is 2.37. The quantitative estimate of drug-likeness (QED) is 0.839. The summed E-state index contributed by atoms with van der Waals surface area (Å²) in [4.78, 5) is 8.75. The third-order valence-electron chi connectivity index (χ3n) is 3.79. The lowest BCUT2D eigenvalue weighted by Crippen LogP contribution is -2.32. The molecular weight excluding hydrogens is 262 g/mol. The molecule has 1 saturated heterocycles. The predicted molar refractivity (Wildman–Crippen MR) is 73.7 cm³/mol. The van der Waals surface area contributed by atoms with E-state index in [0.29, 0.717) is 12.3 Å². The zero-order valence-corrected chi connectivity index (χ0v) is 11.7. The minimum absolute atomic E-state index is 0.292. The van der Waals surface area contributed by atoms with Crippen LogP contribution in [0.1, 0.15) is 25.1 Å². The highest BCUT2D eigenvalue weighted by atomic mass is 32.2. The maximum Gasteiger partial charge on any atom is 0.160 e. The van der Waals surface area contributed by atoms with E-state index in [-0.39, 0.29) is 5.25 Å². The molecule has 0 aliphatic carbocycles. The first-order valence-corrected chi connectivity index (χ1v) is 8.29. The summed E-state index contributed by atoms with van der Waals surface area (Å²) in [6, 6.07) is 3.75. The molecule has 3 heterocycles. The highest BCUT2D eigenvalue weighted by Gasteiger charge is 2.29. The first-order valence-electron chi connectivity index (χ1n) is 6.57. The number of aromatic nitrogens is 3. The average molecular weight is 279 g/mol. The third-order valence-corrected chi connectivity index (χ3v) is 6.05. The standard InChI is InChI=1S/C13H17N3O2S/c1-10-15-12-6-4-7-14-13(12)16(10)9-11-5-2-3-8-19(11,17)18/h4,6-7,11H,2-3,5,8-9H2,1H3. The Labute approximate surface area is 112 Å². The summed E-state index contributed by atoms with van der Waals surface area (Å²) < 4.78 is 26.1. The molecule has 0 saturated carbocycles. The average Bonchev–Trinajstić information content (AvgIpc) is 2.68. The van der Waals surface area contributed by atoms with Crippen molar-refractivity contribution in [2.45, 2.75) is 38.0 Å². The molecule has 0 N–H and O–H groups in total. The van der Waals surface area contributed by atoms with Gasteiger partial charge in [-0.05, 0) is 31.9 Å². The number of nitrogens with zero attached hydrogens (tertiary/aromatic N) is 3. The van der Waals surface area contributed by atoms with E-state index >= 15 is 0 Å². The number of sulfone groups is 1. The summed E-state index contributed by atoms with van der Waals surface area (Å²) >= 11 is 0. The Balaban J connectivity index is 1.99. The van der Waals surface area contributed by atoms with Gasteiger partial charge < -0.3 is 4.57 Å². The van der Waals surface area contributed by atoms with Gasteiger partial charge in [-0.25, -0.2) is 18.4 Å². The van der Waals surface area contributed by atoms with Gasteiger partial charge in [0.1, 0.15) is 11.3 Å². The van der Waals surface area contributed by atoms with Crippen molar-refractivity contribution in [1.29, 1.82) is 0 Å². The van der Waals surface area contributed by atoms with Crippen LogP contribution in [0, 0.1) is 6.92 Å². The van der Waals surface area contributed by atoms with Crippen LogP contribution in [0.5, 0.6) is 0 Å². The van der Waals surface area contributed by atoms with Crippen LogP contribution < -0.4 is 0 Å². The van der Waals surface area contributed by atoms with Gasteiger partial charge in [0.2, 0.25) is 0 Å². The summed E-state index contributed by atoms with van der Waals surface area (Å²) in [6.07, 6.45) is 4.24. The molecule has 1 aliphatic heterocycles. The zero-order valence-electron chi connectivity index (χ0n) is 10.9. The van der Waals surface area contributed by atoms with Crippen LogP contribution in [0.3, 0.4) is 0 Å². The molecule has 0 amide bonds. The molecule has 0 bridgehead atoms. The Kier molecular flexibility index (Phi) is 3.05. The molecule has 2 aromatic heterocycles. The van der Waals surface area contributed by atoms with Crippen molar-refractivity contribution in [3.63, 3.8) is 0 Å². The highest BCUT2D eigenvalue weighted by molar-refractivity contribution is 7.92. The smallest absolute Gasteiger partial charge is 0.160 e. The van der Waals surface area contributed by atoms with E-state index in [1.165, 1.54) is 0 Å². The fourth-order valence-corrected chi connectivity index (χ4v) is 4.56. The minimum atomic E-state index is -2.96. The number of aryl methyl sites for hydroxylation is 1. The second-order valence-electron chi connectivity index (χ2n) is 5.10. The molecule has 1 atom stereocenters. The van der Waals surface area contributed by atoms with Crippen molar-refractivity contribution in [3.05, 3.63) is 24.2 Å². The van der Waals surface area contributed by atoms with E-state index in [4.69, 9.17) is 0 Å². The maximum atomic E-state index is 12.1. The zero-order chi connectivity index (χ0) is 13.5. The summed E-state index contributed by atoms with van der Waals surface area (Å²) in [5, 5.41) is -0.292.